The molecule has 0 aliphatic carbocycles. The van der Waals surface area contributed by atoms with Crippen LogP contribution in [0.5, 0.6) is 0 Å². The van der Waals surface area contributed by atoms with Crippen LogP contribution in [0.2, 0.25) is 0 Å². The van der Waals surface area contributed by atoms with Crippen LogP contribution >= 0.6 is 22.6 Å². The average Bonchev–Trinajstić information content (AvgIpc) is 2.86. The normalized spacial score (nSPS) is 11.1. The van der Waals surface area contributed by atoms with Gasteiger partial charge >= 0.3 is 5.97 Å². The second-order valence-electron chi connectivity index (χ2n) is 4.83. The topological polar surface area (TPSA) is 50.4 Å². The summed E-state index contributed by atoms with van der Waals surface area (Å²) in [5.74, 6) is -1.03. The molecule has 0 bridgehead atoms. The molecule has 106 valence electrons. The summed E-state index contributed by atoms with van der Waals surface area (Å²) < 4.78 is 7.01. The number of halogens is 1. The van der Waals surface area contributed by atoms with Crippen LogP contribution in [0.25, 0.3) is 27.5 Å². The number of para-hydroxylation sites is 1. The molecule has 0 atom stereocenters. The van der Waals surface area contributed by atoms with E-state index >= 15 is 0 Å². The minimum atomic E-state index is -1.03. The predicted octanol–water partition coefficient (Wildman–Crippen LogP) is 4.85. The van der Waals surface area contributed by atoms with Crippen LogP contribution in [0.3, 0.4) is 0 Å². The standard InChI is InChI=1S/C17H13IO3/c1-3-10-7-8-11(9(2)17(19)20)16-14(10)12-5-4-6-13(18)15(12)21-16/h4-8H,2-3H2,1H3,(H,19,20). The molecule has 0 unspecified atom stereocenters. The second kappa shape index (κ2) is 5.18. The van der Waals surface area contributed by atoms with Gasteiger partial charge in [-0.05, 0) is 40.6 Å². The van der Waals surface area contributed by atoms with Gasteiger partial charge in [0.1, 0.15) is 11.2 Å². The first-order chi connectivity index (χ1) is 10.0. The number of carbonyl (C=O) groups is 1. The van der Waals surface area contributed by atoms with Gasteiger partial charge in [0.2, 0.25) is 0 Å². The summed E-state index contributed by atoms with van der Waals surface area (Å²) in [6.45, 7) is 5.74. The van der Waals surface area contributed by atoms with Crippen LogP contribution in [-0.2, 0) is 11.2 Å². The monoisotopic (exact) mass is 392 g/mol. The third-order valence-electron chi connectivity index (χ3n) is 3.65. The van der Waals surface area contributed by atoms with E-state index in [1.54, 1.807) is 6.07 Å². The van der Waals surface area contributed by atoms with Crippen LogP contribution in [0.4, 0.5) is 0 Å². The van der Waals surface area contributed by atoms with Crippen LogP contribution in [-0.4, -0.2) is 11.1 Å². The molecule has 0 saturated carbocycles. The fourth-order valence-corrected chi connectivity index (χ4v) is 3.19. The quantitative estimate of drug-likeness (QED) is 0.512. The zero-order valence-corrected chi connectivity index (χ0v) is 13.6. The van der Waals surface area contributed by atoms with Crippen LogP contribution in [0, 0.1) is 3.57 Å². The molecule has 4 heteroatoms. The summed E-state index contributed by atoms with van der Waals surface area (Å²) in [7, 11) is 0. The first-order valence-electron chi connectivity index (χ1n) is 6.59. The molecule has 1 N–H and O–H groups in total. The Hall–Kier alpha value is -1.82. The molecule has 2 aromatic carbocycles. The molecule has 1 heterocycles. The van der Waals surface area contributed by atoms with E-state index in [1.807, 2.05) is 24.3 Å². The number of hydrogen-bond acceptors (Lipinski definition) is 2. The zero-order valence-electron chi connectivity index (χ0n) is 11.4. The molecule has 0 radical (unpaired) electrons. The van der Waals surface area contributed by atoms with Gasteiger partial charge in [-0.1, -0.05) is 37.8 Å². The molecular formula is C17H13IO3. The number of furan rings is 1. The van der Waals surface area contributed by atoms with Crippen molar-refractivity contribution in [1.82, 2.24) is 0 Å². The van der Waals surface area contributed by atoms with Gasteiger partial charge in [-0.2, -0.15) is 0 Å². The molecule has 0 aliphatic rings. The Kier molecular flexibility index (Phi) is 3.49. The van der Waals surface area contributed by atoms with Crippen LogP contribution < -0.4 is 0 Å². The van der Waals surface area contributed by atoms with Crippen molar-refractivity contribution in [3.63, 3.8) is 0 Å². The van der Waals surface area contributed by atoms with Crippen molar-refractivity contribution in [2.75, 3.05) is 0 Å². The molecule has 0 spiro atoms. The summed E-state index contributed by atoms with van der Waals surface area (Å²) in [6.07, 6.45) is 0.858. The number of fused-ring (bicyclic) bond motifs is 3. The summed E-state index contributed by atoms with van der Waals surface area (Å²) in [6, 6.07) is 9.71. The highest BCUT2D eigenvalue weighted by molar-refractivity contribution is 14.1. The highest BCUT2D eigenvalue weighted by atomic mass is 127. The molecule has 0 aliphatic heterocycles. The largest absolute Gasteiger partial charge is 0.478 e. The van der Waals surface area contributed by atoms with Gasteiger partial charge in [0.05, 0.1) is 9.14 Å². The molecular weight excluding hydrogens is 379 g/mol. The third-order valence-corrected chi connectivity index (χ3v) is 4.50. The summed E-state index contributed by atoms with van der Waals surface area (Å²) in [4.78, 5) is 11.2. The van der Waals surface area contributed by atoms with Crippen molar-refractivity contribution < 1.29 is 14.3 Å². The molecule has 21 heavy (non-hydrogen) atoms. The van der Waals surface area contributed by atoms with Crippen LogP contribution in [0.1, 0.15) is 18.1 Å². The minimum absolute atomic E-state index is 0.0525. The third kappa shape index (κ3) is 2.14. The number of benzene rings is 2. The molecule has 0 saturated heterocycles. The van der Waals surface area contributed by atoms with E-state index in [2.05, 4.69) is 36.1 Å². The Morgan fingerprint density at radius 1 is 1.29 bits per heavy atom. The fraction of sp³-hybridized carbons (Fsp3) is 0.118. The Morgan fingerprint density at radius 2 is 2.05 bits per heavy atom. The fourth-order valence-electron chi connectivity index (χ4n) is 2.58. The summed E-state index contributed by atoms with van der Waals surface area (Å²) in [5.41, 5.74) is 3.15. The van der Waals surface area contributed by atoms with Gasteiger partial charge in [0, 0.05) is 16.3 Å². The Bertz CT molecular complexity index is 890. The number of carboxylic acids is 1. The molecule has 3 nitrogen and oxygen atoms in total. The predicted molar refractivity (Wildman–Crippen MR) is 92.5 cm³/mol. The number of aliphatic carboxylic acids is 1. The first-order valence-corrected chi connectivity index (χ1v) is 7.67. The molecule has 1 aromatic heterocycles. The van der Waals surface area contributed by atoms with E-state index in [9.17, 15) is 9.90 Å². The maximum absolute atomic E-state index is 11.2. The van der Waals surface area contributed by atoms with Gasteiger partial charge in [-0.3, -0.25) is 0 Å². The van der Waals surface area contributed by atoms with E-state index < -0.39 is 5.97 Å². The minimum Gasteiger partial charge on any atom is -0.478 e. The lowest BCUT2D eigenvalue weighted by Crippen LogP contribution is -1.98. The molecule has 0 fully saturated rings. The number of hydrogen-bond donors (Lipinski definition) is 1. The van der Waals surface area contributed by atoms with Crippen molar-refractivity contribution in [3.8, 4) is 0 Å². The van der Waals surface area contributed by atoms with Gasteiger partial charge in [0.25, 0.3) is 0 Å². The van der Waals surface area contributed by atoms with E-state index in [0.717, 1.165) is 31.9 Å². The Labute approximate surface area is 135 Å². The number of carboxylic acid groups (broad SMARTS) is 1. The van der Waals surface area contributed by atoms with E-state index in [4.69, 9.17) is 4.42 Å². The zero-order chi connectivity index (χ0) is 15.1. The molecule has 0 amide bonds. The van der Waals surface area contributed by atoms with Crippen molar-refractivity contribution in [1.29, 1.82) is 0 Å². The summed E-state index contributed by atoms with van der Waals surface area (Å²) in [5, 5.41) is 11.2. The Morgan fingerprint density at radius 3 is 2.71 bits per heavy atom. The van der Waals surface area contributed by atoms with E-state index in [0.29, 0.717) is 11.1 Å². The molecule has 3 rings (SSSR count). The average molecular weight is 392 g/mol. The van der Waals surface area contributed by atoms with E-state index in [-0.39, 0.29) is 5.57 Å². The van der Waals surface area contributed by atoms with Gasteiger partial charge < -0.3 is 9.52 Å². The maximum atomic E-state index is 11.2. The Balaban J connectivity index is 2.49. The molecule has 3 aromatic rings. The second-order valence-corrected chi connectivity index (χ2v) is 5.99. The van der Waals surface area contributed by atoms with Gasteiger partial charge in [-0.15, -0.1) is 0 Å². The number of aryl methyl sites for hydroxylation is 1. The highest BCUT2D eigenvalue weighted by Crippen LogP contribution is 2.37. The maximum Gasteiger partial charge on any atom is 0.335 e. The van der Waals surface area contributed by atoms with Gasteiger partial charge in [-0.25, -0.2) is 4.79 Å². The first kappa shape index (κ1) is 14.1. The SMILES string of the molecule is C=C(C(=O)O)c1ccc(CC)c2c1oc1c(I)cccc12. The van der Waals surface area contributed by atoms with Crippen molar-refractivity contribution in [2.45, 2.75) is 13.3 Å². The van der Waals surface area contributed by atoms with E-state index in [1.165, 1.54) is 0 Å². The lowest BCUT2D eigenvalue weighted by atomic mass is 9.98. The smallest absolute Gasteiger partial charge is 0.335 e. The lowest BCUT2D eigenvalue weighted by molar-refractivity contribution is -0.130. The van der Waals surface area contributed by atoms with Crippen LogP contribution in [0.15, 0.2) is 41.3 Å². The van der Waals surface area contributed by atoms with Crippen molar-refractivity contribution in [3.05, 3.63) is 51.6 Å². The summed E-state index contributed by atoms with van der Waals surface area (Å²) >= 11 is 2.23. The number of rotatable bonds is 3. The van der Waals surface area contributed by atoms with Crippen molar-refractivity contribution >= 4 is 56.1 Å². The van der Waals surface area contributed by atoms with Crippen molar-refractivity contribution in [2.24, 2.45) is 0 Å². The van der Waals surface area contributed by atoms with Gasteiger partial charge in [0.15, 0.2) is 0 Å². The lowest BCUT2D eigenvalue weighted by Gasteiger charge is -2.05. The highest BCUT2D eigenvalue weighted by Gasteiger charge is 2.19.